The van der Waals surface area contributed by atoms with Gasteiger partial charge in [0.2, 0.25) is 0 Å². The van der Waals surface area contributed by atoms with Gasteiger partial charge in [0.25, 0.3) is 0 Å². The Morgan fingerprint density at radius 2 is 1.10 bits per heavy atom. The van der Waals surface area contributed by atoms with E-state index in [4.69, 9.17) is 0 Å². The third kappa shape index (κ3) is 4.43. The first-order valence-corrected chi connectivity index (χ1v) is 12.4. The van der Waals surface area contributed by atoms with Gasteiger partial charge in [-0.15, -0.1) is 23.5 Å². The number of aromatic nitrogens is 1. The molecule has 2 heterocycles. The number of hydrogen-bond acceptors (Lipinski definition) is 2. The van der Waals surface area contributed by atoms with E-state index >= 15 is 0 Å². The summed E-state index contributed by atoms with van der Waals surface area (Å²) in [4.78, 5) is 1.35. The number of thioether (sulfide) groups is 2. The third-order valence-electron chi connectivity index (χ3n) is 5.26. The molecule has 3 aromatic carbocycles. The summed E-state index contributed by atoms with van der Waals surface area (Å²) in [5.74, 6) is 1.91. The fourth-order valence-electron chi connectivity index (χ4n) is 3.75. The van der Waals surface area contributed by atoms with Crippen LogP contribution in [0.5, 0.6) is 0 Å². The zero-order valence-electron chi connectivity index (χ0n) is 17.1. The second kappa shape index (κ2) is 9.51. The van der Waals surface area contributed by atoms with E-state index in [2.05, 4.69) is 120 Å². The molecule has 152 valence electrons. The Bertz CT molecular complexity index is 1180. The van der Waals surface area contributed by atoms with E-state index in [1.807, 2.05) is 23.5 Å². The standard InChI is InChI=1S/C28H23NS2/c1-4-12-22(13-5-1)20-30-27-25-18-10-11-19-29(25)28(26(27)24-16-8-3-9-17-24)31-21-23-14-6-2-7-15-23/h1-19H,20-21H2. The van der Waals surface area contributed by atoms with E-state index < -0.39 is 0 Å². The Labute approximate surface area is 192 Å². The minimum absolute atomic E-state index is 0.949. The third-order valence-corrected chi connectivity index (χ3v) is 7.59. The van der Waals surface area contributed by atoms with Crippen molar-refractivity contribution in [2.24, 2.45) is 0 Å². The second-order valence-corrected chi connectivity index (χ2v) is 9.33. The number of hydrogen-bond donors (Lipinski definition) is 0. The molecule has 0 atom stereocenters. The molecule has 0 fully saturated rings. The van der Waals surface area contributed by atoms with Gasteiger partial charge in [-0.1, -0.05) is 97.1 Å². The van der Waals surface area contributed by atoms with Gasteiger partial charge in [0.15, 0.2) is 0 Å². The van der Waals surface area contributed by atoms with Gasteiger partial charge < -0.3 is 4.40 Å². The van der Waals surface area contributed by atoms with Crippen LogP contribution in [0.2, 0.25) is 0 Å². The van der Waals surface area contributed by atoms with E-state index in [9.17, 15) is 0 Å². The second-order valence-electron chi connectivity index (χ2n) is 7.38. The average molecular weight is 438 g/mol. The Kier molecular flexibility index (Phi) is 6.15. The highest BCUT2D eigenvalue weighted by molar-refractivity contribution is 7.99. The van der Waals surface area contributed by atoms with Gasteiger partial charge in [-0.25, -0.2) is 0 Å². The molecular weight excluding hydrogens is 414 g/mol. The predicted molar refractivity (Wildman–Crippen MR) is 135 cm³/mol. The summed E-state index contributed by atoms with van der Waals surface area (Å²) in [6, 6.07) is 38.8. The molecule has 0 spiro atoms. The molecule has 0 unspecified atom stereocenters. The summed E-state index contributed by atoms with van der Waals surface area (Å²) >= 11 is 3.85. The molecule has 0 radical (unpaired) electrons. The predicted octanol–water partition coefficient (Wildman–Crippen LogP) is 8.19. The minimum Gasteiger partial charge on any atom is -0.310 e. The van der Waals surface area contributed by atoms with Crippen molar-refractivity contribution < 1.29 is 0 Å². The zero-order valence-corrected chi connectivity index (χ0v) is 18.8. The Hall–Kier alpha value is -2.88. The maximum atomic E-state index is 2.36. The maximum Gasteiger partial charge on any atom is 0.0889 e. The fraction of sp³-hybridized carbons (Fsp3) is 0.0714. The smallest absolute Gasteiger partial charge is 0.0889 e. The van der Waals surface area contributed by atoms with Gasteiger partial charge in [-0.2, -0.15) is 0 Å². The molecule has 31 heavy (non-hydrogen) atoms. The van der Waals surface area contributed by atoms with Crippen molar-refractivity contribution in [2.75, 3.05) is 0 Å². The van der Waals surface area contributed by atoms with Crippen molar-refractivity contribution >= 4 is 29.0 Å². The topological polar surface area (TPSA) is 4.41 Å². The first kappa shape index (κ1) is 20.0. The number of fused-ring (bicyclic) bond motifs is 1. The highest BCUT2D eigenvalue weighted by Crippen LogP contribution is 2.45. The molecule has 5 rings (SSSR count). The summed E-state index contributed by atoms with van der Waals surface area (Å²) in [5.41, 5.74) is 6.58. The summed E-state index contributed by atoms with van der Waals surface area (Å²) in [7, 11) is 0. The van der Waals surface area contributed by atoms with Gasteiger partial charge >= 0.3 is 0 Å². The van der Waals surface area contributed by atoms with E-state index in [0.29, 0.717) is 0 Å². The first-order valence-electron chi connectivity index (χ1n) is 10.4. The highest BCUT2D eigenvalue weighted by Gasteiger charge is 2.20. The van der Waals surface area contributed by atoms with Crippen molar-refractivity contribution in [3.05, 3.63) is 127 Å². The van der Waals surface area contributed by atoms with E-state index in [-0.39, 0.29) is 0 Å². The van der Waals surface area contributed by atoms with Crippen molar-refractivity contribution in [3.63, 3.8) is 0 Å². The molecule has 5 aromatic rings. The number of nitrogens with zero attached hydrogens (tertiary/aromatic N) is 1. The molecule has 0 amide bonds. The first-order chi connectivity index (χ1) is 15.4. The molecule has 1 nitrogen and oxygen atoms in total. The van der Waals surface area contributed by atoms with E-state index in [0.717, 1.165) is 11.5 Å². The van der Waals surface area contributed by atoms with Crippen LogP contribution in [-0.2, 0) is 11.5 Å². The van der Waals surface area contributed by atoms with E-state index in [1.54, 1.807) is 0 Å². The number of pyridine rings is 1. The monoisotopic (exact) mass is 437 g/mol. The fourth-order valence-corrected chi connectivity index (χ4v) is 6.15. The molecule has 0 aliphatic heterocycles. The minimum atomic E-state index is 0.949. The normalized spacial score (nSPS) is 11.1. The summed E-state index contributed by atoms with van der Waals surface area (Å²) < 4.78 is 2.36. The Morgan fingerprint density at radius 1 is 0.548 bits per heavy atom. The van der Waals surface area contributed by atoms with Gasteiger partial charge in [-0.05, 0) is 28.8 Å². The van der Waals surface area contributed by atoms with Crippen molar-refractivity contribution in [1.82, 2.24) is 4.40 Å². The highest BCUT2D eigenvalue weighted by atomic mass is 32.2. The molecule has 0 aliphatic carbocycles. The van der Waals surface area contributed by atoms with Crippen LogP contribution in [0.15, 0.2) is 125 Å². The number of rotatable bonds is 7. The van der Waals surface area contributed by atoms with Crippen LogP contribution in [0.25, 0.3) is 16.6 Å². The van der Waals surface area contributed by atoms with Crippen molar-refractivity contribution in [2.45, 2.75) is 21.4 Å². The van der Waals surface area contributed by atoms with Gasteiger partial charge in [0, 0.05) is 28.2 Å². The number of benzene rings is 3. The molecule has 0 saturated heterocycles. The Morgan fingerprint density at radius 3 is 1.74 bits per heavy atom. The molecule has 0 aliphatic rings. The van der Waals surface area contributed by atoms with Crippen LogP contribution in [-0.4, -0.2) is 4.40 Å². The van der Waals surface area contributed by atoms with Crippen LogP contribution in [0.4, 0.5) is 0 Å². The molecule has 2 aromatic heterocycles. The molecule has 0 bridgehead atoms. The van der Waals surface area contributed by atoms with Gasteiger partial charge in [0.1, 0.15) is 0 Å². The van der Waals surface area contributed by atoms with Crippen LogP contribution < -0.4 is 0 Å². The van der Waals surface area contributed by atoms with Crippen molar-refractivity contribution in [1.29, 1.82) is 0 Å². The van der Waals surface area contributed by atoms with Crippen LogP contribution in [0.1, 0.15) is 11.1 Å². The van der Waals surface area contributed by atoms with E-state index in [1.165, 1.54) is 37.7 Å². The molecular formula is C28H23NS2. The van der Waals surface area contributed by atoms with Crippen LogP contribution in [0, 0.1) is 0 Å². The molecule has 0 saturated carbocycles. The van der Waals surface area contributed by atoms with Crippen LogP contribution in [0.3, 0.4) is 0 Å². The molecule has 3 heteroatoms. The van der Waals surface area contributed by atoms with Gasteiger partial charge in [0.05, 0.1) is 10.5 Å². The van der Waals surface area contributed by atoms with Gasteiger partial charge in [-0.3, -0.25) is 0 Å². The summed E-state index contributed by atoms with van der Waals surface area (Å²) in [6.45, 7) is 0. The summed E-state index contributed by atoms with van der Waals surface area (Å²) in [5, 5.41) is 1.31. The zero-order chi connectivity index (χ0) is 20.9. The maximum absolute atomic E-state index is 2.36. The van der Waals surface area contributed by atoms with Crippen molar-refractivity contribution in [3.8, 4) is 11.1 Å². The largest absolute Gasteiger partial charge is 0.310 e. The SMILES string of the molecule is c1ccc(CSc2c(-c3ccccc3)c(SCc3ccccc3)n3ccccc23)cc1. The average Bonchev–Trinajstić information content (AvgIpc) is 3.16. The lowest BCUT2D eigenvalue weighted by Gasteiger charge is -2.09. The lowest BCUT2D eigenvalue weighted by molar-refractivity contribution is 1.05. The molecule has 0 N–H and O–H groups in total. The lowest BCUT2D eigenvalue weighted by atomic mass is 10.1. The quantitative estimate of drug-likeness (QED) is 0.236. The lowest BCUT2D eigenvalue weighted by Crippen LogP contribution is -1.88. The summed E-state index contributed by atoms with van der Waals surface area (Å²) in [6.07, 6.45) is 2.20. The Balaban J connectivity index is 1.60. The van der Waals surface area contributed by atoms with Crippen LogP contribution >= 0.6 is 23.5 Å².